The van der Waals surface area contributed by atoms with E-state index in [0.717, 1.165) is 25.7 Å². The molecule has 0 bridgehead atoms. The number of nitrogens with one attached hydrogen (secondary N) is 1. The highest BCUT2D eigenvalue weighted by molar-refractivity contribution is 5.76. The third-order valence-corrected chi connectivity index (χ3v) is 12.7. The molecule has 0 fully saturated rings. The average molecular weight is 830 g/mol. The van der Waals surface area contributed by atoms with Gasteiger partial charge in [0.25, 0.3) is 0 Å². The van der Waals surface area contributed by atoms with E-state index in [1.165, 1.54) is 257 Å². The predicted molar refractivity (Wildman–Crippen MR) is 262 cm³/mol. The number of carbonyl (C=O) groups is 1. The van der Waals surface area contributed by atoms with E-state index in [9.17, 15) is 15.0 Å². The van der Waals surface area contributed by atoms with Crippen molar-refractivity contribution in [3.8, 4) is 0 Å². The topological polar surface area (TPSA) is 69.6 Å². The summed E-state index contributed by atoms with van der Waals surface area (Å²) in [5.74, 6) is -0.0607. The predicted octanol–water partition coefficient (Wildman–Crippen LogP) is 17.5. The van der Waals surface area contributed by atoms with Gasteiger partial charge >= 0.3 is 0 Å². The van der Waals surface area contributed by atoms with Crippen LogP contribution in [0, 0.1) is 0 Å². The fourth-order valence-corrected chi connectivity index (χ4v) is 8.53. The monoisotopic (exact) mass is 830 g/mol. The first-order chi connectivity index (χ1) is 29.2. The molecule has 0 aliphatic rings. The van der Waals surface area contributed by atoms with E-state index in [-0.39, 0.29) is 12.5 Å². The van der Waals surface area contributed by atoms with Crippen molar-refractivity contribution in [2.45, 2.75) is 315 Å². The molecule has 4 nitrogen and oxygen atoms in total. The zero-order chi connectivity index (χ0) is 42.8. The molecule has 0 saturated heterocycles. The summed E-state index contributed by atoms with van der Waals surface area (Å²) in [4.78, 5) is 12.5. The summed E-state index contributed by atoms with van der Waals surface area (Å²) < 4.78 is 0. The zero-order valence-corrected chi connectivity index (χ0v) is 40.3. The third-order valence-electron chi connectivity index (χ3n) is 12.7. The number of unbranched alkanes of at least 4 members (excludes halogenated alkanes) is 41. The Kier molecular flexibility index (Phi) is 50.2. The second-order valence-electron chi connectivity index (χ2n) is 18.7. The summed E-state index contributed by atoms with van der Waals surface area (Å²) in [5, 5.41) is 23.2. The van der Waals surface area contributed by atoms with E-state index in [1.807, 2.05) is 6.08 Å². The summed E-state index contributed by atoms with van der Waals surface area (Å²) in [6, 6.07) is -0.621. The maximum Gasteiger partial charge on any atom is 0.220 e. The molecule has 4 heteroatoms. The van der Waals surface area contributed by atoms with E-state index in [0.29, 0.717) is 6.42 Å². The summed E-state index contributed by atoms with van der Waals surface area (Å²) in [6.07, 6.45) is 67.6. The second-order valence-corrected chi connectivity index (χ2v) is 18.7. The van der Waals surface area contributed by atoms with Gasteiger partial charge < -0.3 is 15.5 Å². The van der Waals surface area contributed by atoms with Gasteiger partial charge in [0.2, 0.25) is 5.91 Å². The Labute approximate surface area is 370 Å². The molecule has 1 amide bonds. The maximum atomic E-state index is 12.5. The second kappa shape index (κ2) is 51.2. The van der Waals surface area contributed by atoms with Crippen molar-refractivity contribution in [1.29, 1.82) is 0 Å². The maximum absolute atomic E-state index is 12.5. The Morgan fingerprint density at radius 2 is 0.644 bits per heavy atom. The summed E-state index contributed by atoms with van der Waals surface area (Å²) in [5.41, 5.74) is 0. The number of aliphatic hydroxyl groups excluding tert-OH is 2. The fourth-order valence-electron chi connectivity index (χ4n) is 8.53. The molecule has 59 heavy (non-hydrogen) atoms. The van der Waals surface area contributed by atoms with E-state index >= 15 is 0 Å². The van der Waals surface area contributed by atoms with Crippen molar-refractivity contribution in [3.63, 3.8) is 0 Å². The van der Waals surface area contributed by atoms with Gasteiger partial charge in [-0.1, -0.05) is 276 Å². The molecule has 0 aromatic heterocycles. The molecule has 0 aliphatic heterocycles. The molecule has 0 aromatic carbocycles. The van der Waals surface area contributed by atoms with Crippen LogP contribution in [0.15, 0.2) is 24.3 Å². The van der Waals surface area contributed by atoms with Gasteiger partial charge in [-0.15, -0.1) is 0 Å². The van der Waals surface area contributed by atoms with Crippen LogP contribution in [0.4, 0.5) is 0 Å². The van der Waals surface area contributed by atoms with Crippen molar-refractivity contribution in [2.24, 2.45) is 0 Å². The molecule has 0 heterocycles. The molecule has 0 saturated carbocycles. The molecule has 0 rings (SSSR count). The summed E-state index contributed by atoms with van der Waals surface area (Å²) in [6.45, 7) is 4.34. The van der Waals surface area contributed by atoms with Gasteiger partial charge in [0.15, 0.2) is 0 Å². The van der Waals surface area contributed by atoms with Crippen LogP contribution in [0.1, 0.15) is 303 Å². The van der Waals surface area contributed by atoms with E-state index in [4.69, 9.17) is 0 Å². The van der Waals surface area contributed by atoms with Gasteiger partial charge in [0.05, 0.1) is 18.8 Å². The van der Waals surface area contributed by atoms with Crippen LogP contribution in [0.5, 0.6) is 0 Å². The Morgan fingerprint density at radius 1 is 0.390 bits per heavy atom. The van der Waals surface area contributed by atoms with Crippen LogP contribution in [0.25, 0.3) is 0 Å². The first-order valence-electron chi connectivity index (χ1n) is 27.1. The molecule has 3 N–H and O–H groups in total. The smallest absolute Gasteiger partial charge is 0.220 e. The van der Waals surface area contributed by atoms with Gasteiger partial charge in [0.1, 0.15) is 0 Å². The van der Waals surface area contributed by atoms with Crippen molar-refractivity contribution in [3.05, 3.63) is 24.3 Å². The van der Waals surface area contributed by atoms with Crippen LogP contribution in [0.2, 0.25) is 0 Å². The Morgan fingerprint density at radius 3 is 0.932 bits per heavy atom. The number of hydrogen-bond acceptors (Lipinski definition) is 3. The zero-order valence-electron chi connectivity index (χ0n) is 40.3. The number of rotatable bonds is 50. The number of hydrogen-bond donors (Lipinski definition) is 3. The highest BCUT2D eigenvalue weighted by Crippen LogP contribution is 2.17. The minimum Gasteiger partial charge on any atom is -0.394 e. The lowest BCUT2D eigenvalue weighted by Crippen LogP contribution is -2.45. The molecule has 2 atom stereocenters. The number of carbonyl (C=O) groups excluding carboxylic acids is 1. The van der Waals surface area contributed by atoms with Gasteiger partial charge in [-0.05, 0) is 44.9 Å². The van der Waals surface area contributed by atoms with E-state index < -0.39 is 12.1 Å². The van der Waals surface area contributed by atoms with Crippen molar-refractivity contribution < 1.29 is 15.0 Å². The molecular weight excluding hydrogens is 723 g/mol. The average Bonchev–Trinajstić information content (AvgIpc) is 3.24. The van der Waals surface area contributed by atoms with E-state index in [1.54, 1.807) is 6.08 Å². The van der Waals surface area contributed by atoms with Crippen molar-refractivity contribution in [1.82, 2.24) is 5.32 Å². The van der Waals surface area contributed by atoms with Crippen LogP contribution in [-0.4, -0.2) is 34.9 Å². The largest absolute Gasteiger partial charge is 0.394 e. The summed E-state index contributed by atoms with van der Waals surface area (Å²) in [7, 11) is 0. The molecule has 0 aromatic rings. The van der Waals surface area contributed by atoms with Crippen molar-refractivity contribution in [2.75, 3.05) is 6.61 Å². The Bertz CT molecular complexity index is 855. The fraction of sp³-hybridized carbons (Fsp3) is 0.909. The number of allylic oxidation sites excluding steroid dienone is 3. The first kappa shape index (κ1) is 57.9. The lowest BCUT2D eigenvalue weighted by Gasteiger charge is -2.20. The lowest BCUT2D eigenvalue weighted by atomic mass is 10.0. The van der Waals surface area contributed by atoms with Crippen LogP contribution < -0.4 is 5.32 Å². The van der Waals surface area contributed by atoms with Crippen LogP contribution in [0.3, 0.4) is 0 Å². The SMILES string of the molecule is CCCCCCCCCCCCCC/C=C\CCCCCCCCCCCCC(=O)NC(CO)C(O)/C=C/CCCCCCCCCCCCCCCCCCCCC. The van der Waals surface area contributed by atoms with Gasteiger partial charge in [-0.2, -0.15) is 0 Å². The van der Waals surface area contributed by atoms with Gasteiger partial charge in [-0.3, -0.25) is 4.79 Å². The van der Waals surface area contributed by atoms with E-state index in [2.05, 4.69) is 31.3 Å². The summed E-state index contributed by atoms with van der Waals surface area (Å²) >= 11 is 0. The minimum atomic E-state index is -0.838. The van der Waals surface area contributed by atoms with Gasteiger partial charge in [0, 0.05) is 6.42 Å². The molecule has 0 radical (unpaired) electrons. The Hall–Kier alpha value is -1.13. The normalized spacial score (nSPS) is 12.9. The van der Waals surface area contributed by atoms with Crippen LogP contribution >= 0.6 is 0 Å². The molecule has 350 valence electrons. The molecule has 0 aliphatic carbocycles. The highest BCUT2D eigenvalue weighted by atomic mass is 16.3. The Balaban J connectivity index is 3.49. The quantitative estimate of drug-likeness (QED) is 0.0422. The molecule has 0 spiro atoms. The van der Waals surface area contributed by atoms with Crippen molar-refractivity contribution >= 4 is 5.91 Å². The standard InChI is InChI=1S/C55H107NO3/c1-3-5-7-9-11-13-15-17-19-21-23-25-26-27-28-29-31-33-35-37-39-41-43-45-47-49-51-55(59)56-53(52-57)54(58)50-48-46-44-42-40-38-36-34-32-30-24-22-20-18-16-14-12-10-8-6-4-2/h27-28,48,50,53-54,57-58H,3-26,29-47,49,51-52H2,1-2H3,(H,56,59)/b28-27-,50-48+. The number of amides is 1. The number of aliphatic hydroxyl groups is 2. The van der Waals surface area contributed by atoms with Crippen LogP contribution in [-0.2, 0) is 4.79 Å². The van der Waals surface area contributed by atoms with Gasteiger partial charge in [-0.25, -0.2) is 0 Å². The minimum absolute atomic E-state index is 0.0607. The molecular formula is C55H107NO3. The first-order valence-corrected chi connectivity index (χ1v) is 27.1. The lowest BCUT2D eigenvalue weighted by molar-refractivity contribution is -0.123. The molecule has 2 unspecified atom stereocenters. The highest BCUT2D eigenvalue weighted by Gasteiger charge is 2.18. The third kappa shape index (κ3) is 47.8.